The molecule has 0 atom stereocenters. The highest BCUT2D eigenvalue weighted by Crippen LogP contribution is 2.38. The number of halogens is 4. The van der Waals surface area contributed by atoms with Gasteiger partial charge in [0.25, 0.3) is 0 Å². The zero-order chi connectivity index (χ0) is 19.6. The Morgan fingerprint density at radius 3 is 2.70 bits per heavy atom. The Balaban J connectivity index is 1.70. The van der Waals surface area contributed by atoms with Crippen molar-refractivity contribution >= 4 is 89.8 Å². The van der Waals surface area contributed by atoms with Crippen LogP contribution in [0.25, 0.3) is 10.7 Å². The summed E-state index contributed by atoms with van der Waals surface area (Å²) in [6.45, 7) is 2.71. The molecule has 2 aromatic heterocycles. The van der Waals surface area contributed by atoms with Gasteiger partial charge in [-0.15, -0.1) is 21.5 Å². The number of nitrogens with one attached hydrogen (secondary N) is 1. The first-order valence-electron chi connectivity index (χ1n) is 7.65. The Labute approximate surface area is 191 Å². The maximum atomic E-state index is 12.3. The van der Waals surface area contributed by atoms with Crippen LogP contribution >= 0.6 is 78.2 Å². The highest BCUT2D eigenvalue weighted by molar-refractivity contribution is 9.13. The molecule has 2 heterocycles. The molecule has 0 aliphatic carbocycles. The van der Waals surface area contributed by atoms with Gasteiger partial charge < -0.3 is 9.88 Å². The Hall–Kier alpha value is -0.580. The zero-order valence-electron chi connectivity index (χ0n) is 13.8. The summed E-state index contributed by atoms with van der Waals surface area (Å²) in [5, 5.41) is 12.9. The summed E-state index contributed by atoms with van der Waals surface area (Å²) in [5.74, 6) is 0.783. The van der Waals surface area contributed by atoms with Crippen LogP contribution in [0.3, 0.4) is 0 Å². The van der Waals surface area contributed by atoms with Gasteiger partial charge in [0.05, 0.1) is 25.1 Å². The monoisotopic (exact) mass is 568 g/mol. The number of carbonyl (C=O) groups is 1. The lowest BCUT2D eigenvalue weighted by atomic mass is 10.3. The van der Waals surface area contributed by atoms with Crippen LogP contribution in [0.1, 0.15) is 6.92 Å². The second kappa shape index (κ2) is 9.28. The van der Waals surface area contributed by atoms with E-state index in [-0.39, 0.29) is 11.7 Å². The molecule has 3 rings (SSSR count). The van der Waals surface area contributed by atoms with Gasteiger partial charge in [0.15, 0.2) is 11.0 Å². The van der Waals surface area contributed by atoms with Gasteiger partial charge in [-0.3, -0.25) is 4.79 Å². The van der Waals surface area contributed by atoms with Crippen molar-refractivity contribution in [3.63, 3.8) is 0 Å². The fourth-order valence-electron chi connectivity index (χ4n) is 2.23. The summed E-state index contributed by atoms with van der Waals surface area (Å²) >= 11 is 21.8. The minimum atomic E-state index is -0.182. The van der Waals surface area contributed by atoms with Crippen LogP contribution in [0.4, 0.5) is 5.69 Å². The molecule has 27 heavy (non-hydrogen) atoms. The average molecular weight is 571 g/mol. The standard InChI is InChI=1S/C16H12Br2Cl2N4OS2/c1-2-24-15(12-6-9(17)14(18)27-12)22-23-16(24)26-7-13(25)21-11-4-3-8(19)5-10(11)20/h3-6H,2,7H2,1H3,(H,21,25). The van der Waals surface area contributed by atoms with Crippen molar-refractivity contribution in [2.75, 3.05) is 11.1 Å². The summed E-state index contributed by atoms with van der Waals surface area (Å²) in [6.07, 6.45) is 0. The van der Waals surface area contributed by atoms with Crippen LogP contribution in [0.15, 0.2) is 37.7 Å². The topological polar surface area (TPSA) is 59.8 Å². The highest BCUT2D eigenvalue weighted by Gasteiger charge is 2.17. The van der Waals surface area contributed by atoms with Crippen molar-refractivity contribution in [2.45, 2.75) is 18.6 Å². The Kier molecular flexibility index (Phi) is 7.26. The van der Waals surface area contributed by atoms with Gasteiger partial charge in [0, 0.05) is 16.0 Å². The van der Waals surface area contributed by atoms with Crippen molar-refractivity contribution < 1.29 is 4.79 Å². The predicted octanol–water partition coefficient (Wildman–Crippen LogP) is 6.59. The number of thioether (sulfide) groups is 1. The Morgan fingerprint density at radius 1 is 1.30 bits per heavy atom. The molecule has 1 amide bonds. The van der Waals surface area contributed by atoms with E-state index in [0.717, 1.165) is 19.0 Å². The lowest BCUT2D eigenvalue weighted by molar-refractivity contribution is -0.113. The van der Waals surface area contributed by atoms with E-state index >= 15 is 0 Å². The van der Waals surface area contributed by atoms with E-state index in [1.165, 1.54) is 11.8 Å². The molecule has 1 aromatic carbocycles. The molecule has 1 N–H and O–H groups in total. The van der Waals surface area contributed by atoms with E-state index in [4.69, 9.17) is 23.2 Å². The van der Waals surface area contributed by atoms with Gasteiger partial charge >= 0.3 is 0 Å². The van der Waals surface area contributed by atoms with Gasteiger partial charge in [-0.25, -0.2) is 0 Å². The third-order valence-electron chi connectivity index (χ3n) is 3.44. The molecule has 0 aliphatic heterocycles. The third kappa shape index (κ3) is 5.07. The molecule has 0 spiro atoms. The maximum Gasteiger partial charge on any atom is 0.234 e. The largest absolute Gasteiger partial charge is 0.324 e. The fraction of sp³-hybridized carbons (Fsp3) is 0.188. The molecule has 3 aromatic rings. The van der Waals surface area contributed by atoms with Gasteiger partial charge in [-0.2, -0.15) is 0 Å². The van der Waals surface area contributed by atoms with Crippen molar-refractivity contribution in [3.05, 3.63) is 42.6 Å². The average Bonchev–Trinajstić information content (AvgIpc) is 3.18. The van der Waals surface area contributed by atoms with Crippen molar-refractivity contribution in [1.82, 2.24) is 14.8 Å². The molecule has 0 radical (unpaired) electrons. The number of benzene rings is 1. The molecule has 0 fully saturated rings. The summed E-state index contributed by atoms with van der Waals surface area (Å²) in [7, 11) is 0. The Morgan fingerprint density at radius 2 is 2.07 bits per heavy atom. The third-order valence-corrected chi connectivity index (χ3v) is 8.20. The second-order valence-electron chi connectivity index (χ2n) is 5.24. The van der Waals surface area contributed by atoms with Gasteiger partial charge in [0.2, 0.25) is 5.91 Å². The van der Waals surface area contributed by atoms with Crippen LogP contribution in [0.2, 0.25) is 10.0 Å². The van der Waals surface area contributed by atoms with Crippen molar-refractivity contribution in [3.8, 4) is 10.7 Å². The normalized spacial score (nSPS) is 11.0. The first kappa shape index (κ1) is 21.1. The van der Waals surface area contributed by atoms with Gasteiger partial charge in [0.1, 0.15) is 0 Å². The van der Waals surface area contributed by atoms with E-state index in [1.54, 1.807) is 29.5 Å². The Bertz CT molecular complexity index is 973. The van der Waals surface area contributed by atoms with E-state index in [0.29, 0.717) is 27.4 Å². The van der Waals surface area contributed by atoms with Crippen LogP contribution in [-0.4, -0.2) is 26.4 Å². The van der Waals surface area contributed by atoms with Crippen molar-refractivity contribution in [2.24, 2.45) is 0 Å². The number of anilines is 1. The van der Waals surface area contributed by atoms with E-state index in [2.05, 4.69) is 47.4 Å². The molecule has 142 valence electrons. The van der Waals surface area contributed by atoms with Gasteiger partial charge in [-0.05, 0) is 63.0 Å². The fourth-order valence-corrected chi connectivity index (χ4v) is 5.51. The van der Waals surface area contributed by atoms with E-state index in [1.807, 2.05) is 17.6 Å². The summed E-state index contributed by atoms with van der Waals surface area (Å²) in [4.78, 5) is 13.2. The van der Waals surface area contributed by atoms with Crippen LogP contribution < -0.4 is 5.32 Å². The number of hydrogen-bond acceptors (Lipinski definition) is 5. The predicted molar refractivity (Wildman–Crippen MR) is 120 cm³/mol. The molecule has 0 unspecified atom stereocenters. The van der Waals surface area contributed by atoms with Crippen molar-refractivity contribution in [1.29, 1.82) is 0 Å². The lowest BCUT2D eigenvalue weighted by Gasteiger charge is -2.08. The second-order valence-corrected chi connectivity index (χ2v) is 10.3. The molecule has 0 aliphatic rings. The number of aromatic nitrogens is 3. The molecular formula is C16H12Br2Cl2N4OS2. The highest BCUT2D eigenvalue weighted by atomic mass is 79.9. The molecule has 5 nitrogen and oxygen atoms in total. The number of hydrogen-bond donors (Lipinski definition) is 1. The first-order valence-corrected chi connectivity index (χ1v) is 11.8. The minimum absolute atomic E-state index is 0.182. The summed E-state index contributed by atoms with van der Waals surface area (Å²) in [6, 6.07) is 6.93. The molecule has 0 saturated heterocycles. The lowest BCUT2D eigenvalue weighted by Crippen LogP contribution is -2.15. The zero-order valence-corrected chi connectivity index (χ0v) is 20.1. The number of carbonyl (C=O) groups excluding carboxylic acids is 1. The number of nitrogens with zero attached hydrogens (tertiary/aromatic N) is 3. The molecular weight excluding hydrogens is 559 g/mol. The molecule has 0 bridgehead atoms. The SMILES string of the molecule is CCn1c(SCC(=O)Nc2ccc(Cl)cc2Cl)nnc1-c1cc(Br)c(Br)s1. The maximum absolute atomic E-state index is 12.3. The van der Waals surface area contributed by atoms with Crippen LogP contribution in [0.5, 0.6) is 0 Å². The van der Waals surface area contributed by atoms with E-state index < -0.39 is 0 Å². The first-order chi connectivity index (χ1) is 12.9. The number of rotatable bonds is 6. The smallest absolute Gasteiger partial charge is 0.234 e. The quantitative estimate of drug-likeness (QED) is 0.340. The molecule has 11 heteroatoms. The van der Waals surface area contributed by atoms with Crippen LogP contribution in [0, 0.1) is 0 Å². The summed E-state index contributed by atoms with van der Waals surface area (Å²) < 4.78 is 3.95. The van der Waals surface area contributed by atoms with Gasteiger partial charge in [-0.1, -0.05) is 35.0 Å². The van der Waals surface area contributed by atoms with Crippen LogP contribution in [-0.2, 0) is 11.3 Å². The number of amides is 1. The van der Waals surface area contributed by atoms with E-state index in [9.17, 15) is 4.79 Å². The number of thiophene rings is 1. The minimum Gasteiger partial charge on any atom is -0.324 e. The molecule has 0 saturated carbocycles. The summed E-state index contributed by atoms with van der Waals surface area (Å²) in [5.41, 5.74) is 0.526.